The van der Waals surface area contributed by atoms with E-state index in [4.69, 9.17) is 32.7 Å². The maximum atomic E-state index is 15.5. The summed E-state index contributed by atoms with van der Waals surface area (Å²) in [6, 6.07) is 20.8. The van der Waals surface area contributed by atoms with Crippen molar-refractivity contribution in [1.29, 1.82) is 0 Å². The van der Waals surface area contributed by atoms with Crippen LogP contribution in [0.1, 0.15) is 29.9 Å². The Balaban J connectivity index is 1.34. The Hall–Kier alpha value is -4.86. The number of aromatic hydroxyl groups is 1. The van der Waals surface area contributed by atoms with Gasteiger partial charge in [0.25, 0.3) is 11.8 Å². The number of methoxy groups -OCH3 is 2. The average molecular weight is 861 g/mol. The van der Waals surface area contributed by atoms with E-state index in [0.29, 0.717) is 27.5 Å². The van der Waals surface area contributed by atoms with Crippen molar-refractivity contribution in [2.75, 3.05) is 24.5 Å². The number of anilines is 2. The predicted octanol–water partition coefficient (Wildman–Crippen LogP) is 5.35. The highest BCUT2D eigenvalue weighted by Crippen LogP contribution is 2.65. The van der Waals surface area contributed by atoms with Crippen LogP contribution in [-0.2, 0) is 24.6 Å². The second kappa shape index (κ2) is 14.3. The van der Waals surface area contributed by atoms with Crippen LogP contribution in [0.3, 0.4) is 0 Å². The monoisotopic (exact) mass is 859 g/mol. The summed E-state index contributed by atoms with van der Waals surface area (Å²) in [4.78, 5) is 60.4. The number of amides is 4. The van der Waals surface area contributed by atoms with E-state index in [0.717, 1.165) is 9.91 Å². The smallest absolute Gasteiger partial charge is 0.488 e. The molecule has 6 unspecified atom stereocenters. The number of carbonyl (C=O) groups is 4. The Bertz CT molecular complexity index is 2360. The summed E-state index contributed by atoms with van der Waals surface area (Å²) < 4.78 is 11.3. The molecule has 4 aliphatic rings. The number of nitrogens with one attached hydrogen (secondary N) is 1. The largest absolute Gasteiger partial charge is 0.503 e. The fourth-order valence-corrected chi connectivity index (χ4v) is 10.1. The van der Waals surface area contributed by atoms with Crippen molar-refractivity contribution in [2.24, 2.45) is 23.7 Å². The van der Waals surface area contributed by atoms with Gasteiger partial charge in [0.2, 0.25) is 11.8 Å². The third kappa shape index (κ3) is 5.72. The molecule has 0 aromatic heterocycles. The van der Waals surface area contributed by atoms with E-state index in [1.807, 2.05) is 6.08 Å². The second-order valence-corrected chi connectivity index (χ2v) is 15.9. The maximum Gasteiger partial charge on any atom is 0.488 e. The van der Waals surface area contributed by atoms with Crippen LogP contribution in [0.4, 0.5) is 11.4 Å². The maximum absolute atomic E-state index is 15.5. The highest BCUT2D eigenvalue weighted by Gasteiger charge is 2.70. The Morgan fingerprint density at radius 2 is 1.64 bits per heavy atom. The second-order valence-electron chi connectivity index (χ2n) is 14.2. The molecule has 2 aliphatic carbocycles. The fraction of sp³-hybridized carbons (Fsp3) is 0.250. The molecule has 4 amide bonds. The van der Waals surface area contributed by atoms with Crippen LogP contribution in [0.15, 0.2) is 95.0 Å². The van der Waals surface area contributed by atoms with Crippen LogP contribution in [0.2, 0.25) is 10.0 Å². The summed E-state index contributed by atoms with van der Waals surface area (Å²) in [6.45, 7) is 0. The van der Waals surface area contributed by atoms with Gasteiger partial charge < -0.3 is 24.6 Å². The van der Waals surface area contributed by atoms with Crippen molar-refractivity contribution in [3.63, 3.8) is 0 Å². The number of hydrogen-bond donors (Lipinski definition) is 4. The molecule has 286 valence electrons. The highest BCUT2D eigenvalue weighted by atomic mass is 79.9. The molecule has 0 bridgehead atoms. The van der Waals surface area contributed by atoms with Gasteiger partial charge in [-0.1, -0.05) is 59.1 Å². The molecule has 56 heavy (non-hydrogen) atoms. The molecule has 0 radical (unpaired) electrons. The standard InChI is InChI=1S/C40H33BBrCl2N3O9/c1-55-24-9-6-20(7-10-24)40-28(37(50)47(39(40)52)45-31-13-8-22(43)17-30(31)44)18-27-25(34(40)19-14-29(42)35(48)32(15-19)56-2)11-12-26-33(27)38(51)46(36(26)49)23-5-3-4-21(16-23)41(53)54/h3-11,13-17,26-28,33-34,45,48,53-54H,12,18H2,1-2H3. The first-order chi connectivity index (χ1) is 26.8. The molecule has 3 fully saturated rings. The van der Waals surface area contributed by atoms with E-state index < -0.39 is 65.8 Å². The van der Waals surface area contributed by atoms with Gasteiger partial charge >= 0.3 is 7.12 Å². The third-order valence-corrected chi connectivity index (χ3v) is 12.8. The summed E-state index contributed by atoms with van der Waals surface area (Å²) in [5, 5.41) is 32.1. The Labute approximate surface area is 339 Å². The number of rotatable bonds is 8. The molecule has 4 N–H and O–H groups in total. The quantitative estimate of drug-likeness (QED) is 0.103. The number of phenols is 1. The zero-order chi connectivity index (χ0) is 39.8. The number of benzene rings is 4. The van der Waals surface area contributed by atoms with Gasteiger partial charge in [0, 0.05) is 10.9 Å². The predicted molar refractivity (Wildman–Crippen MR) is 212 cm³/mol. The van der Waals surface area contributed by atoms with Crippen LogP contribution < -0.4 is 25.3 Å². The first kappa shape index (κ1) is 38.0. The van der Waals surface area contributed by atoms with Gasteiger partial charge in [-0.3, -0.25) is 29.5 Å². The van der Waals surface area contributed by atoms with Gasteiger partial charge in [0.05, 0.1) is 58.3 Å². The Kier molecular flexibility index (Phi) is 9.69. The fourth-order valence-electron chi connectivity index (χ4n) is 9.21. The molecule has 4 aromatic rings. The van der Waals surface area contributed by atoms with E-state index in [2.05, 4.69) is 21.4 Å². The summed E-state index contributed by atoms with van der Waals surface area (Å²) in [5.41, 5.74) is 3.56. The van der Waals surface area contributed by atoms with Crippen molar-refractivity contribution in [3.05, 3.63) is 116 Å². The molecule has 12 nitrogen and oxygen atoms in total. The van der Waals surface area contributed by atoms with Gasteiger partial charge in [0.1, 0.15) is 5.75 Å². The summed E-state index contributed by atoms with van der Waals surface area (Å²) in [6.07, 6.45) is 2.07. The van der Waals surface area contributed by atoms with Crippen LogP contribution >= 0.6 is 39.1 Å². The van der Waals surface area contributed by atoms with Crippen molar-refractivity contribution >= 4 is 86.7 Å². The first-order valence-electron chi connectivity index (χ1n) is 17.7. The van der Waals surface area contributed by atoms with E-state index in [-0.39, 0.29) is 50.7 Å². The molecule has 16 heteroatoms. The minimum Gasteiger partial charge on any atom is -0.503 e. The van der Waals surface area contributed by atoms with Crippen LogP contribution in [0.25, 0.3) is 0 Å². The number of halogens is 3. The third-order valence-electron chi connectivity index (χ3n) is 11.6. The molecular formula is C40H33BBrCl2N3O9. The van der Waals surface area contributed by atoms with Gasteiger partial charge in [-0.2, -0.15) is 5.01 Å². The van der Waals surface area contributed by atoms with E-state index >= 15 is 9.59 Å². The molecule has 2 saturated heterocycles. The average Bonchev–Trinajstić information content (AvgIpc) is 3.57. The van der Waals surface area contributed by atoms with E-state index in [1.165, 1.54) is 38.5 Å². The molecule has 4 aromatic carbocycles. The molecule has 1 saturated carbocycles. The van der Waals surface area contributed by atoms with Crippen molar-refractivity contribution < 1.29 is 43.8 Å². The number of carbonyl (C=O) groups excluding carboxylic acids is 4. The number of phenolic OH excluding ortho intramolecular Hbond substituents is 1. The van der Waals surface area contributed by atoms with Crippen LogP contribution in [-0.4, -0.2) is 65.1 Å². The lowest BCUT2D eigenvalue weighted by atomic mass is 9.49. The van der Waals surface area contributed by atoms with E-state index in [1.54, 1.807) is 54.6 Å². The van der Waals surface area contributed by atoms with Crippen LogP contribution in [0.5, 0.6) is 17.2 Å². The van der Waals surface area contributed by atoms with Crippen molar-refractivity contribution in [3.8, 4) is 17.2 Å². The Morgan fingerprint density at radius 1 is 0.893 bits per heavy atom. The van der Waals surface area contributed by atoms with Gasteiger partial charge in [-0.05, 0) is 106 Å². The van der Waals surface area contributed by atoms with Gasteiger partial charge in [-0.15, -0.1) is 0 Å². The minimum absolute atomic E-state index is 0.0191. The van der Waals surface area contributed by atoms with Crippen molar-refractivity contribution in [2.45, 2.75) is 24.2 Å². The summed E-state index contributed by atoms with van der Waals surface area (Å²) in [5.74, 6) is -6.08. The topological polar surface area (TPSA) is 166 Å². The highest BCUT2D eigenvalue weighted by molar-refractivity contribution is 9.10. The zero-order valence-electron chi connectivity index (χ0n) is 29.8. The number of fused-ring (bicyclic) bond motifs is 4. The van der Waals surface area contributed by atoms with E-state index in [9.17, 15) is 24.7 Å². The lowest BCUT2D eigenvalue weighted by Gasteiger charge is -2.50. The number of hydrazine groups is 1. The van der Waals surface area contributed by atoms with Gasteiger partial charge in [0.15, 0.2) is 11.5 Å². The summed E-state index contributed by atoms with van der Waals surface area (Å²) >= 11 is 16.2. The Morgan fingerprint density at radius 3 is 2.32 bits per heavy atom. The molecule has 6 atom stereocenters. The summed E-state index contributed by atoms with van der Waals surface area (Å²) in [7, 11) is 1.09. The zero-order valence-corrected chi connectivity index (χ0v) is 32.9. The lowest BCUT2D eigenvalue weighted by Crippen LogP contribution is -2.53. The molecule has 8 rings (SSSR count). The normalized spacial score (nSPS) is 25.4. The number of imide groups is 2. The number of allylic oxidation sites excluding steroid dienone is 2. The van der Waals surface area contributed by atoms with Gasteiger partial charge in [-0.25, -0.2) is 0 Å². The number of nitrogens with zero attached hydrogens (tertiary/aromatic N) is 2. The molecule has 0 spiro atoms. The lowest BCUT2D eigenvalue weighted by molar-refractivity contribution is -0.138. The first-order valence-corrected chi connectivity index (χ1v) is 19.2. The number of ether oxygens (including phenoxy) is 2. The molecule has 2 heterocycles. The number of hydrogen-bond acceptors (Lipinski definition) is 10. The van der Waals surface area contributed by atoms with Crippen molar-refractivity contribution in [1.82, 2.24) is 5.01 Å². The van der Waals surface area contributed by atoms with Crippen LogP contribution in [0, 0.1) is 23.7 Å². The SMILES string of the molecule is COc1ccc(C23C(=O)N(Nc4ccc(Cl)cc4Cl)C(=O)C2CC2C(=CCC4C(=O)N(c5cccc(B(O)O)c5)C(=O)C42)C3c2cc(Br)c(O)c(OC)c2)cc1. The molecular weight excluding hydrogens is 828 g/mol. The minimum atomic E-state index is -1.82. The molecule has 2 aliphatic heterocycles.